The normalized spacial score (nSPS) is 10.5. The van der Waals surface area contributed by atoms with E-state index in [9.17, 15) is 4.39 Å². The molecule has 0 amide bonds. The lowest BCUT2D eigenvalue weighted by molar-refractivity contribution is 0.627. The van der Waals surface area contributed by atoms with Crippen molar-refractivity contribution in [3.63, 3.8) is 0 Å². The molecule has 0 saturated heterocycles. The minimum atomic E-state index is -0.275. The van der Waals surface area contributed by atoms with E-state index in [1.807, 2.05) is 6.92 Å². The molecule has 0 aliphatic carbocycles. The minimum absolute atomic E-state index is 0.275. The number of rotatable bonds is 5. The fourth-order valence-electron chi connectivity index (χ4n) is 1.71. The van der Waals surface area contributed by atoms with Gasteiger partial charge in [0.1, 0.15) is 5.82 Å². The standard InChI is InChI=1S/C14H17FN4/c1-3-16-8-11-9-18-14(10-17-11)19(2)13-7-5-4-6-12(13)15/h4-7,9-10,16H,3,8H2,1-2H3. The molecule has 0 fully saturated rings. The van der Waals surface area contributed by atoms with Gasteiger partial charge in [-0.3, -0.25) is 4.98 Å². The number of aromatic nitrogens is 2. The summed E-state index contributed by atoms with van der Waals surface area (Å²) < 4.78 is 13.7. The minimum Gasteiger partial charge on any atom is -0.326 e. The van der Waals surface area contributed by atoms with Crippen LogP contribution >= 0.6 is 0 Å². The van der Waals surface area contributed by atoms with Crippen molar-refractivity contribution in [1.29, 1.82) is 0 Å². The van der Waals surface area contributed by atoms with Gasteiger partial charge in [0, 0.05) is 13.6 Å². The Labute approximate surface area is 112 Å². The summed E-state index contributed by atoms with van der Waals surface area (Å²) in [5, 5.41) is 3.18. The molecule has 0 saturated carbocycles. The van der Waals surface area contributed by atoms with Gasteiger partial charge in [-0.15, -0.1) is 0 Å². The molecule has 2 aromatic rings. The van der Waals surface area contributed by atoms with Gasteiger partial charge in [-0.1, -0.05) is 19.1 Å². The van der Waals surface area contributed by atoms with Gasteiger partial charge in [-0.25, -0.2) is 9.37 Å². The summed E-state index contributed by atoms with van der Waals surface area (Å²) >= 11 is 0. The molecule has 1 heterocycles. The molecule has 0 unspecified atom stereocenters. The van der Waals surface area contributed by atoms with Gasteiger partial charge < -0.3 is 10.2 Å². The van der Waals surface area contributed by atoms with Crippen LogP contribution in [-0.2, 0) is 6.54 Å². The summed E-state index contributed by atoms with van der Waals surface area (Å²) in [5.74, 6) is 0.342. The average molecular weight is 260 g/mol. The SMILES string of the molecule is CCNCc1cnc(N(C)c2ccccc2F)cn1. The molecule has 0 aliphatic heterocycles. The van der Waals surface area contributed by atoms with E-state index in [1.54, 1.807) is 42.5 Å². The molecule has 5 heteroatoms. The summed E-state index contributed by atoms with van der Waals surface area (Å²) in [4.78, 5) is 10.3. The molecule has 1 N–H and O–H groups in total. The zero-order chi connectivity index (χ0) is 13.7. The monoisotopic (exact) mass is 260 g/mol. The average Bonchev–Trinajstić information content (AvgIpc) is 2.45. The van der Waals surface area contributed by atoms with Crippen molar-refractivity contribution in [3.8, 4) is 0 Å². The van der Waals surface area contributed by atoms with Gasteiger partial charge in [0.25, 0.3) is 0 Å². The van der Waals surface area contributed by atoms with Crippen molar-refractivity contribution in [2.24, 2.45) is 0 Å². The van der Waals surface area contributed by atoms with Crippen molar-refractivity contribution in [1.82, 2.24) is 15.3 Å². The number of anilines is 2. The smallest absolute Gasteiger partial charge is 0.151 e. The van der Waals surface area contributed by atoms with Crippen LogP contribution in [0.5, 0.6) is 0 Å². The lowest BCUT2D eigenvalue weighted by Crippen LogP contribution is -2.16. The topological polar surface area (TPSA) is 41.1 Å². The predicted molar refractivity (Wildman–Crippen MR) is 73.9 cm³/mol. The Kier molecular flexibility index (Phi) is 4.41. The first kappa shape index (κ1) is 13.4. The quantitative estimate of drug-likeness (QED) is 0.896. The summed E-state index contributed by atoms with van der Waals surface area (Å²) in [6.07, 6.45) is 3.36. The molecule has 2 rings (SSSR count). The van der Waals surface area contributed by atoms with E-state index in [0.717, 1.165) is 12.2 Å². The Balaban J connectivity index is 2.16. The maximum absolute atomic E-state index is 13.7. The Morgan fingerprint density at radius 2 is 2.00 bits per heavy atom. The number of benzene rings is 1. The van der Waals surface area contributed by atoms with Crippen LogP contribution in [0.4, 0.5) is 15.9 Å². The number of nitrogens with one attached hydrogen (secondary N) is 1. The number of hydrogen-bond acceptors (Lipinski definition) is 4. The summed E-state index contributed by atoms with van der Waals surface area (Å²) in [6, 6.07) is 6.60. The Hall–Kier alpha value is -2.01. The number of hydrogen-bond donors (Lipinski definition) is 1. The van der Waals surface area contributed by atoms with Gasteiger partial charge in [0.2, 0.25) is 0 Å². The fraction of sp³-hybridized carbons (Fsp3) is 0.286. The highest BCUT2D eigenvalue weighted by atomic mass is 19.1. The molecule has 0 spiro atoms. The van der Waals surface area contributed by atoms with E-state index in [4.69, 9.17) is 0 Å². The van der Waals surface area contributed by atoms with E-state index in [-0.39, 0.29) is 5.82 Å². The van der Waals surface area contributed by atoms with Gasteiger partial charge >= 0.3 is 0 Å². The zero-order valence-corrected chi connectivity index (χ0v) is 11.1. The van der Waals surface area contributed by atoms with Crippen LogP contribution in [0.1, 0.15) is 12.6 Å². The van der Waals surface area contributed by atoms with Gasteiger partial charge in [-0.2, -0.15) is 0 Å². The third kappa shape index (κ3) is 3.26. The van der Waals surface area contributed by atoms with Crippen LogP contribution in [-0.4, -0.2) is 23.6 Å². The van der Waals surface area contributed by atoms with E-state index >= 15 is 0 Å². The van der Waals surface area contributed by atoms with Crippen molar-refractivity contribution in [3.05, 3.63) is 48.2 Å². The molecule has 19 heavy (non-hydrogen) atoms. The van der Waals surface area contributed by atoms with Crippen molar-refractivity contribution < 1.29 is 4.39 Å². The molecular formula is C14H17FN4. The van der Waals surface area contributed by atoms with Crippen LogP contribution in [0.25, 0.3) is 0 Å². The maximum atomic E-state index is 13.7. The first-order valence-electron chi connectivity index (χ1n) is 6.22. The van der Waals surface area contributed by atoms with Gasteiger partial charge in [-0.05, 0) is 18.7 Å². The zero-order valence-electron chi connectivity index (χ0n) is 11.1. The van der Waals surface area contributed by atoms with Crippen molar-refractivity contribution in [2.75, 3.05) is 18.5 Å². The molecule has 100 valence electrons. The molecule has 0 radical (unpaired) electrons. The summed E-state index contributed by atoms with van der Waals surface area (Å²) in [5.41, 5.74) is 1.35. The van der Waals surface area contributed by atoms with E-state index < -0.39 is 0 Å². The van der Waals surface area contributed by atoms with E-state index in [1.165, 1.54) is 6.07 Å². The first-order chi connectivity index (χ1) is 9.22. The van der Waals surface area contributed by atoms with Crippen molar-refractivity contribution >= 4 is 11.5 Å². The van der Waals surface area contributed by atoms with Gasteiger partial charge in [0.05, 0.1) is 23.8 Å². The molecule has 0 atom stereocenters. The largest absolute Gasteiger partial charge is 0.326 e. The Morgan fingerprint density at radius 1 is 1.21 bits per heavy atom. The van der Waals surface area contributed by atoms with Crippen molar-refractivity contribution in [2.45, 2.75) is 13.5 Å². The molecule has 1 aromatic heterocycles. The fourth-order valence-corrected chi connectivity index (χ4v) is 1.71. The van der Waals surface area contributed by atoms with Crippen LogP contribution in [0.2, 0.25) is 0 Å². The van der Waals surface area contributed by atoms with Gasteiger partial charge in [0.15, 0.2) is 5.82 Å². The molecular weight excluding hydrogens is 243 g/mol. The molecule has 0 bridgehead atoms. The maximum Gasteiger partial charge on any atom is 0.151 e. The number of halogens is 1. The second-order valence-corrected chi connectivity index (χ2v) is 4.16. The highest BCUT2D eigenvalue weighted by Crippen LogP contribution is 2.23. The second kappa shape index (κ2) is 6.24. The first-order valence-corrected chi connectivity index (χ1v) is 6.22. The van der Waals surface area contributed by atoms with Crippen LogP contribution < -0.4 is 10.2 Å². The molecule has 4 nitrogen and oxygen atoms in total. The Bertz CT molecular complexity index is 527. The van der Waals surface area contributed by atoms with Crippen LogP contribution in [0, 0.1) is 5.82 Å². The molecule has 1 aromatic carbocycles. The van der Waals surface area contributed by atoms with E-state index in [2.05, 4.69) is 15.3 Å². The summed E-state index contributed by atoms with van der Waals surface area (Å²) in [7, 11) is 1.77. The lowest BCUT2D eigenvalue weighted by Gasteiger charge is -2.18. The molecule has 0 aliphatic rings. The number of para-hydroxylation sites is 1. The van der Waals surface area contributed by atoms with Crippen LogP contribution in [0.15, 0.2) is 36.7 Å². The Morgan fingerprint density at radius 3 is 2.63 bits per heavy atom. The highest BCUT2D eigenvalue weighted by molar-refractivity contribution is 5.58. The van der Waals surface area contributed by atoms with E-state index in [0.29, 0.717) is 18.1 Å². The number of nitrogens with zero attached hydrogens (tertiary/aromatic N) is 3. The predicted octanol–water partition coefficient (Wildman–Crippen LogP) is 2.49. The summed E-state index contributed by atoms with van der Waals surface area (Å²) in [6.45, 7) is 3.61. The lowest BCUT2D eigenvalue weighted by atomic mass is 10.3. The second-order valence-electron chi connectivity index (χ2n) is 4.16. The highest BCUT2D eigenvalue weighted by Gasteiger charge is 2.10. The van der Waals surface area contributed by atoms with Crippen LogP contribution in [0.3, 0.4) is 0 Å². The third-order valence-electron chi connectivity index (χ3n) is 2.81. The third-order valence-corrected chi connectivity index (χ3v) is 2.81.